The third kappa shape index (κ3) is 3.79. The van der Waals surface area contributed by atoms with Gasteiger partial charge in [0.25, 0.3) is 0 Å². The molecule has 3 N–H and O–H groups in total. The molecule has 0 spiro atoms. The van der Waals surface area contributed by atoms with Crippen LogP contribution in [0, 0.1) is 0 Å². The summed E-state index contributed by atoms with van der Waals surface area (Å²) >= 11 is 4.76. The Morgan fingerprint density at radius 1 is 1.12 bits per heavy atom. The molecule has 1 unspecified atom stereocenters. The Kier molecular flexibility index (Phi) is 6.45. The second kappa shape index (κ2) is 9.15. The van der Waals surface area contributed by atoms with Crippen LogP contribution in [0.25, 0.3) is 0 Å². The molecular weight excluding hydrogens is 500 g/mol. The number of benzene rings is 2. The van der Waals surface area contributed by atoms with E-state index in [4.69, 9.17) is 10.5 Å². The van der Waals surface area contributed by atoms with Crippen molar-refractivity contribution in [2.24, 2.45) is 0 Å². The molecule has 1 aliphatic rings. The van der Waals surface area contributed by atoms with E-state index in [9.17, 15) is 9.59 Å². The van der Waals surface area contributed by atoms with Crippen LogP contribution in [0.3, 0.4) is 0 Å². The zero-order valence-corrected chi connectivity index (χ0v) is 21.1. The summed E-state index contributed by atoms with van der Waals surface area (Å²) in [6.07, 6.45) is 0.572. The number of carbonyl (C=O) groups is 2. The van der Waals surface area contributed by atoms with Gasteiger partial charge in [0.05, 0.1) is 28.3 Å². The number of hydrogen-bond acceptors (Lipinski definition) is 6. The Morgan fingerprint density at radius 3 is 2.48 bits per heavy atom. The topological polar surface area (TPSA) is 81.4 Å². The van der Waals surface area contributed by atoms with Crippen LogP contribution in [0.2, 0.25) is 0 Å². The van der Waals surface area contributed by atoms with Crippen molar-refractivity contribution in [2.45, 2.75) is 32.6 Å². The van der Waals surface area contributed by atoms with Gasteiger partial charge in [-0.15, -0.1) is 11.3 Å². The number of rotatable bonds is 6. The number of anilines is 2. The molecule has 0 saturated carbocycles. The number of thiophene rings is 1. The summed E-state index contributed by atoms with van der Waals surface area (Å²) in [7, 11) is 0. The Morgan fingerprint density at radius 2 is 1.85 bits per heavy atom. The van der Waals surface area contributed by atoms with Gasteiger partial charge in [-0.1, -0.05) is 65.3 Å². The average Bonchev–Trinajstić information content (AvgIpc) is 3.14. The predicted molar refractivity (Wildman–Crippen MR) is 137 cm³/mol. The maximum absolute atomic E-state index is 13.4. The molecule has 33 heavy (non-hydrogen) atoms. The van der Waals surface area contributed by atoms with Crippen LogP contribution >= 0.6 is 27.3 Å². The highest BCUT2D eigenvalue weighted by Gasteiger charge is 2.49. The Labute approximate surface area is 205 Å². The van der Waals surface area contributed by atoms with E-state index in [1.165, 1.54) is 11.3 Å². The lowest BCUT2D eigenvalue weighted by molar-refractivity contribution is -0.139. The van der Waals surface area contributed by atoms with Crippen molar-refractivity contribution in [1.29, 1.82) is 0 Å². The molecule has 0 aliphatic carbocycles. The first kappa shape index (κ1) is 23.3. The lowest BCUT2D eigenvalue weighted by Gasteiger charge is -2.40. The maximum atomic E-state index is 13.4. The summed E-state index contributed by atoms with van der Waals surface area (Å²) in [6, 6.07) is 17.1. The van der Waals surface area contributed by atoms with Gasteiger partial charge in [0.1, 0.15) is 4.88 Å². The molecule has 170 valence electrons. The normalized spacial score (nSPS) is 17.3. The minimum absolute atomic E-state index is 0.150. The van der Waals surface area contributed by atoms with Crippen LogP contribution in [0.5, 0.6) is 0 Å². The summed E-state index contributed by atoms with van der Waals surface area (Å²) in [5.41, 5.74) is 9.76. The summed E-state index contributed by atoms with van der Waals surface area (Å²) in [5.74, 6) is -0.535. The molecule has 0 amide bonds. The highest BCUT2D eigenvalue weighted by atomic mass is 79.9. The largest absolute Gasteiger partial charge is 0.463 e. The van der Waals surface area contributed by atoms with E-state index < -0.39 is 5.41 Å². The first-order chi connectivity index (χ1) is 15.8. The van der Waals surface area contributed by atoms with E-state index >= 15 is 0 Å². The molecule has 0 saturated heterocycles. The van der Waals surface area contributed by atoms with Crippen molar-refractivity contribution < 1.29 is 14.3 Å². The molecule has 5 nitrogen and oxygen atoms in total. The Bertz CT molecular complexity index is 1270. The van der Waals surface area contributed by atoms with E-state index in [1.54, 1.807) is 19.1 Å². The van der Waals surface area contributed by atoms with Crippen molar-refractivity contribution in [3.63, 3.8) is 0 Å². The first-order valence-electron chi connectivity index (χ1n) is 10.8. The van der Waals surface area contributed by atoms with E-state index in [2.05, 4.69) is 21.2 Å². The minimum Gasteiger partial charge on any atom is -0.463 e. The number of allylic oxidation sites excluding steroid dienone is 1. The van der Waals surface area contributed by atoms with Crippen molar-refractivity contribution in [3.8, 4) is 0 Å². The number of halogens is 1. The summed E-state index contributed by atoms with van der Waals surface area (Å²) < 4.78 is 6.30. The van der Waals surface area contributed by atoms with Gasteiger partial charge in [-0.2, -0.15) is 0 Å². The quantitative estimate of drug-likeness (QED) is 0.292. The molecule has 2 heterocycles. The summed E-state index contributed by atoms with van der Waals surface area (Å²) in [4.78, 5) is 27.2. The molecule has 4 rings (SSSR count). The van der Waals surface area contributed by atoms with E-state index in [1.807, 2.05) is 56.3 Å². The number of nitrogens with one attached hydrogen (secondary N) is 1. The fourth-order valence-corrected chi connectivity index (χ4v) is 6.28. The number of hydrogen-bond donors (Lipinski definition) is 2. The number of fused-ring (bicyclic) bond motifs is 1. The second-order valence-corrected chi connectivity index (χ2v) is 9.80. The molecule has 0 radical (unpaired) electrons. The second-order valence-electron chi connectivity index (χ2n) is 7.86. The van der Waals surface area contributed by atoms with E-state index in [0.717, 1.165) is 20.6 Å². The molecule has 0 bridgehead atoms. The van der Waals surface area contributed by atoms with Gasteiger partial charge < -0.3 is 15.8 Å². The lowest BCUT2D eigenvalue weighted by Crippen LogP contribution is -2.39. The molecule has 1 aliphatic heterocycles. The minimum atomic E-state index is -0.839. The molecule has 1 aromatic heterocycles. The first-order valence-corrected chi connectivity index (χ1v) is 12.4. The molecule has 2 aromatic carbocycles. The molecule has 1 atom stereocenters. The van der Waals surface area contributed by atoms with Gasteiger partial charge in [-0.05, 0) is 38.0 Å². The fourth-order valence-electron chi connectivity index (χ4n) is 4.66. The van der Waals surface area contributed by atoms with Crippen LogP contribution in [0.15, 0.2) is 70.3 Å². The van der Waals surface area contributed by atoms with Gasteiger partial charge in [-0.3, -0.25) is 4.79 Å². The number of ketones is 1. The van der Waals surface area contributed by atoms with E-state index in [0.29, 0.717) is 33.8 Å². The number of esters is 1. The lowest BCUT2D eigenvalue weighted by atomic mass is 9.65. The van der Waals surface area contributed by atoms with Crippen molar-refractivity contribution in [3.05, 3.63) is 91.9 Å². The number of nitrogen functional groups attached to an aromatic ring is 1. The predicted octanol–water partition coefficient (Wildman–Crippen LogP) is 6.28. The smallest absolute Gasteiger partial charge is 0.337 e. The van der Waals surface area contributed by atoms with Gasteiger partial charge >= 0.3 is 5.97 Å². The highest BCUT2D eigenvalue weighted by Crippen LogP contribution is 2.55. The highest BCUT2D eigenvalue weighted by molar-refractivity contribution is 9.10. The van der Waals surface area contributed by atoms with Gasteiger partial charge in [0.2, 0.25) is 5.78 Å². The van der Waals surface area contributed by atoms with Gasteiger partial charge in [0.15, 0.2) is 0 Å². The zero-order chi connectivity index (χ0) is 23.8. The van der Waals surface area contributed by atoms with Crippen LogP contribution < -0.4 is 11.1 Å². The summed E-state index contributed by atoms with van der Waals surface area (Å²) in [6.45, 7) is 5.96. The maximum Gasteiger partial charge on any atom is 0.337 e. The van der Waals surface area contributed by atoms with Gasteiger partial charge in [-0.25, -0.2) is 4.79 Å². The van der Waals surface area contributed by atoms with Crippen LogP contribution in [0.4, 0.5) is 10.7 Å². The average molecular weight is 525 g/mol. The zero-order valence-electron chi connectivity index (χ0n) is 18.7. The Hall–Kier alpha value is -2.90. The molecule has 3 aromatic rings. The number of carbonyl (C=O) groups excluding carboxylic acids is 2. The molecular formula is C26H25BrN2O3S. The summed E-state index contributed by atoms with van der Waals surface area (Å²) in [5, 5.41) is 4.12. The fraction of sp³-hybridized carbons (Fsp3) is 0.231. The van der Waals surface area contributed by atoms with Crippen molar-refractivity contribution in [2.75, 3.05) is 17.7 Å². The van der Waals surface area contributed by atoms with Crippen LogP contribution in [0.1, 0.15) is 53.6 Å². The standard InChI is InChI=1S/C26H25BrN2O3S/c1-4-26(17-11-7-6-8-12-17)19(25(31)32-5-2)15(3)29-24-20(26)21(28)23(33-24)22(30)16-10-9-13-18(27)14-16/h6-14,29H,4-5,28H2,1-3H3. The monoisotopic (exact) mass is 524 g/mol. The van der Waals surface area contributed by atoms with Crippen LogP contribution in [-0.2, 0) is 14.9 Å². The van der Waals surface area contributed by atoms with E-state index in [-0.39, 0.29) is 18.4 Å². The molecule has 7 heteroatoms. The van der Waals surface area contributed by atoms with Crippen molar-refractivity contribution >= 4 is 49.7 Å². The molecule has 0 fully saturated rings. The Balaban J connectivity index is 1.98. The third-order valence-electron chi connectivity index (χ3n) is 6.04. The SMILES string of the molecule is CCOC(=O)C1=C(C)Nc2sc(C(=O)c3cccc(Br)c3)c(N)c2C1(CC)c1ccccc1. The third-order valence-corrected chi connectivity index (χ3v) is 7.66. The number of nitrogens with two attached hydrogens (primary N) is 1. The van der Waals surface area contributed by atoms with Crippen molar-refractivity contribution in [1.82, 2.24) is 0 Å². The number of ether oxygens (including phenoxy) is 1. The van der Waals surface area contributed by atoms with Gasteiger partial charge in [0, 0.05) is 21.3 Å². The van der Waals surface area contributed by atoms with Crippen LogP contribution in [-0.4, -0.2) is 18.4 Å².